The summed E-state index contributed by atoms with van der Waals surface area (Å²) in [4.78, 5) is 14.9. The molecule has 69 heavy (non-hydrogen) atoms. The van der Waals surface area contributed by atoms with Gasteiger partial charge in [-0.2, -0.15) is 0 Å². The van der Waals surface area contributed by atoms with E-state index in [1.54, 1.807) is 0 Å². The van der Waals surface area contributed by atoms with Crippen LogP contribution in [-0.4, -0.2) is 15.0 Å². The third-order valence-electron chi connectivity index (χ3n) is 12.8. The average Bonchev–Trinajstić information content (AvgIpc) is 3.42. The second-order valence-electron chi connectivity index (χ2n) is 17.2. The minimum atomic E-state index is 0. The quantitative estimate of drug-likeness (QED) is 0.108. The summed E-state index contributed by atoms with van der Waals surface area (Å²) in [6.07, 6.45) is 9.62. The Balaban J connectivity index is 0.00000553. The predicted molar refractivity (Wildman–Crippen MR) is 280 cm³/mol. The van der Waals surface area contributed by atoms with Crippen LogP contribution in [-0.2, 0) is 45.8 Å². The summed E-state index contributed by atoms with van der Waals surface area (Å²) in [6.45, 7) is 0. The van der Waals surface area contributed by atoms with Gasteiger partial charge in [0.25, 0.3) is 0 Å². The molecule has 0 amide bonds. The number of hydrogen-bond acceptors (Lipinski definition) is 3. The van der Waals surface area contributed by atoms with E-state index in [4.69, 9.17) is 15.0 Å². The van der Waals surface area contributed by atoms with E-state index in [-0.39, 0.29) is 20.1 Å². The number of pyridine rings is 3. The predicted octanol–water partition coefficient (Wildman–Crippen LogP) is 15.7. The zero-order valence-electron chi connectivity index (χ0n) is 37.9. The van der Waals surface area contributed by atoms with Crippen molar-refractivity contribution in [3.8, 4) is 78.3 Å². The standard InChI is InChI=1S/C65H46N3.Ir/c1-4-16-50(17-5-1)53-22-14-23-54(41-53)55-24-15-25-56(42-55)65-61-29-13-12-28-60(61)62(45-68-65)59-27-11-10-26-58(59)57-39-48(32-30-46-34-36-63(66-43-46)51-18-6-2-7-19-51)38-49(40-57)33-31-47-35-37-64(67-44-47)52-20-8-3-9-21-52;/h1-18,20,22-24,26-29,34-45H,30-33H2;/q-3;+3. The van der Waals surface area contributed by atoms with E-state index in [0.29, 0.717) is 0 Å². The van der Waals surface area contributed by atoms with E-state index in [0.717, 1.165) is 92.5 Å². The van der Waals surface area contributed by atoms with Crippen molar-refractivity contribution in [1.29, 1.82) is 0 Å². The molecular formula is C65H46IrN3. The molecule has 330 valence electrons. The zero-order valence-corrected chi connectivity index (χ0v) is 40.3. The molecule has 0 aliphatic heterocycles. The molecule has 0 aliphatic carbocycles. The molecule has 3 heterocycles. The van der Waals surface area contributed by atoms with Crippen LogP contribution in [0.25, 0.3) is 89.1 Å². The SMILES string of the molecule is [Ir+3].[c-]1ccccc1-c1ccc(CCc2cc(CCc3ccc(-c4[c-]cccc4)nc3)cc(-c3ccccc3-c3cnc(-c4[c-]ccc(-c5cccc(-c6ccccc6)c5)c4)c4ccccc34)c2)cn1. The molecular weight excluding hydrogens is 1010 g/mol. The van der Waals surface area contributed by atoms with Gasteiger partial charge in [-0.3, -0.25) is 0 Å². The molecule has 0 fully saturated rings. The summed E-state index contributed by atoms with van der Waals surface area (Å²) in [5, 5.41) is 2.24. The van der Waals surface area contributed by atoms with Crippen LogP contribution in [0.1, 0.15) is 22.3 Å². The first-order valence-electron chi connectivity index (χ1n) is 23.3. The van der Waals surface area contributed by atoms with Crippen molar-refractivity contribution >= 4 is 10.8 Å². The molecule has 3 aromatic heterocycles. The van der Waals surface area contributed by atoms with Gasteiger partial charge in [-0.1, -0.05) is 140 Å². The third-order valence-corrected chi connectivity index (χ3v) is 12.8. The minimum Gasteiger partial charge on any atom is -0.304 e. The maximum atomic E-state index is 5.25. The fraction of sp³-hybridized carbons (Fsp3) is 0.0615. The van der Waals surface area contributed by atoms with Crippen molar-refractivity contribution < 1.29 is 20.1 Å². The van der Waals surface area contributed by atoms with Crippen molar-refractivity contribution in [2.75, 3.05) is 0 Å². The summed E-state index contributed by atoms with van der Waals surface area (Å²) in [5.41, 5.74) is 20.1. The Morgan fingerprint density at radius 1 is 0.304 bits per heavy atom. The van der Waals surface area contributed by atoms with Gasteiger partial charge in [0.1, 0.15) is 0 Å². The van der Waals surface area contributed by atoms with Gasteiger partial charge in [0.05, 0.1) is 0 Å². The molecule has 3 nitrogen and oxygen atoms in total. The molecule has 11 aromatic rings. The largest absolute Gasteiger partial charge is 3.00 e. The molecule has 11 rings (SSSR count). The van der Waals surface area contributed by atoms with Crippen LogP contribution in [0, 0.1) is 18.2 Å². The van der Waals surface area contributed by atoms with Gasteiger partial charge in [-0.25, -0.2) is 0 Å². The van der Waals surface area contributed by atoms with E-state index < -0.39 is 0 Å². The molecule has 0 N–H and O–H groups in total. The molecule has 0 spiro atoms. The maximum absolute atomic E-state index is 5.25. The van der Waals surface area contributed by atoms with Crippen LogP contribution >= 0.6 is 0 Å². The Bertz CT molecular complexity index is 3380. The monoisotopic (exact) mass is 1060 g/mol. The molecule has 0 saturated heterocycles. The van der Waals surface area contributed by atoms with E-state index in [1.807, 2.05) is 54.9 Å². The molecule has 4 heteroatoms. The summed E-state index contributed by atoms with van der Waals surface area (Å²) in [5.74, 6) is 0. The molecule has 0 unspecified atom stereocenters. The van der Waals surface area contributed by atoms with Crippen LogP contribution in [0.3, 0.4) is 0 Å². The normalized spacial score (nSPS) is 11.0. The Labute approximate surface area is 418 Å². The molecule has 0 aliphatic rings. The first-order chi connectivity index (χ1) is 33.7. The Hall–Kier alpha value is -7.88. The van der Waals surface area contributed by atoms with Crippen LogP contribution in [0.5, 0.6) is 0 Å². The minimum absolute atomic E-state index is 0. The third kappa shape index (κ3) is 10.2. The van der Waals surface area contributed by atoms with Crippen LogP contribution < -0.4 is 0 Å². The zero-order chi connectivity index (χ0) is 45.5. The first kappa shape index (κ1) is 44.9. The van der Waals surface area contributed by atoms with Gasteiger partial charge in [0.15, 0.2) is 0 Å². The number of benzene rings is 8. The van der Waals surface area contributed by atoms with Crippen LogP contribution in [0.4, 0.5) is 0 Å². The van der Waals surface area contributed by atoms with Crippen LogP contribution in [0.15, 0.2) is 231 Å². The van der Waals surface area contributed by atoms with Gasteiger partial charge >= 0.3 is 20.1 Å². The van der Waals surface area contributed by atoms with E-state index in [9.17, 15) is 0 Å². The van der Waals surface area contributed by atoms with Gasteiger partial charge in [0.2, 0.25) is 0 Å². The summed E-state index contributed by atoms with van der Waals surface area (Å²) < 4.78 is 0. The van der Waals surface area contributed by atoms with Crippen molar-refractivity contribution in [1.82, 2.24) is 15.0 Å². The van der Waals surface area contributed by atoms with Gasteiger partial charge in [-0.05, 0) is 115 Å². The number of rotatable bonds is 13. The molecule has 0 atom stereocenters. The number of aryl methyl sites for hydroxylation is 4. The van der Waals surface area contributed by atoms with E-state index in [1.165, 1.54) is 44.5 Å². The molecule has 0 saturated carbocycles. The van der Waals surface area contributed by atoms with Gasteiger partial charge in [-0.15, -0.1) is 107 Å². The first-order valence-corrected chi connectivity index (χ1v) is 23.3. The van der Waals surface area contributed by atoms with E-state index in [2.05, 4.69) is 194 Å². The number of fused-ring (bicyclic) bond motifs is 1. The van der Waals surface area contributed by atoms with Gasteiger partial charge in [0, 0.05) is 24.2 Å². The molecule has 0 radical (unpaired) electrons. The van der Waals surface area contributed by atoms with Crippen molar-refractivity contribution in [2.45, 2.75) is 25.7 Å². The molecule has 8 aromatic carbocycles. The Kier molecular flexibility index (Phi) is 13.6. The van der Waals surface area contributed by atoms with Crippen molar-refractivity contribution in [3.63, 3.8) is 0 Å². The summed E-state index contributed by atoms with van der Waals surface area (Å²) in [7, 11) is 0. The fourth-order valence-electron chi connectivity index (χ4n) is 9.24. The smallest absolute Gasteiger partial charge is 0.304 e. The summed E-state index contributed by atoms with van der Waals surface area (Å²) in [6, 6.07) is 85.0. The number of nitrogens with zero attached hydrogens (tertiary/aromatic N) is 3. The van der Waals surface area contributed by atoms with Crippen molar-refractivity contribution in [2.24, 2.45) is 0 Å². The second-order valence-corrected chi connectivity index (χ2v) is 17.2. The number of hydrogen-bond donors (Lipinski definition) is 0. The van der Waals surface area contributed by atoms with Gasteiger partial charge < -0.3 is 15.0 Å². The topological polar surface area (TPSA) is 38.7 Å². The van der Waals surface area contributed by atoms with Crippen molar-refractivity contribution in [3.05, 3.63) is 271 Å². The van der Waals surface area contributed by atoms with E-state index >= 15 is 0 Å². The second kappa shape index (κ2) is 21.0. The number of aromatic nitrogens is 3. The fourth-order valence-corrected chi connectivity index (χ4v) is 9.24. The Morgan fingerprint density at radius 3 is 1.46 bits per heavy atom. The summed E-state index contributed by atoms with van der Waals surface area (Å²) >= 11 is 0. The average molecular weight is 1060 g/mol. The maximum Gasteiger partial charge on any atom is 3.00 e. The molecule has 0 bridgehead atoms. The Morgan fingerprint density at radius 2 is 0.841 bits per heavy atom. The van der Waals surface area contributed by atoms with Crippen LogP contribution in [0.2, 0.25) is 0 Å².